The van der Waals surface area contributed by atoms with Gasteiger partial charge in [0.15, 0.2) is 0 Å². The molecule has 7 heteroatoms. The van der Waals surface area contributed by atoms with Gasteiger partial charge < -0.3 is 10.6 Å². The first kappa shape index (κ1) is 11.7. The van der Waals surface area contributed by atoms with Gasteiger partial charge in [0.25, 0.3) is 0 Å². The Labute approximate surface area is 98.4 Å². The Hall–Kier alpha value is -1.76. The van der Waals surface area contributed by atoms with Crippen molar-refractivity contribution in [2.45, 2.75) is 19.4 Å². The van der Waals surface area contributed by atoms with Gasteiger partial charge in [0.05, 0.1) is 12.5 Å². The van der Waals surface area contributed by atoms with E-state index in [0.29, 0.717) is 38.2 Å². The van der Waals surface area contributed by atoms with Crippen molar-refractivity contribution in [3.8, 4) is 0 Å². The summed E-state index contributed by atoms with van der Waals surface area (Å²) in [6, 6.07) is 0. The van der Waals surface area contributed by atoms with Crippen LogP contribution in [0.4, 0.5) is 0 Å². The fraction of sp³-hybridized carbons (Fsp3) is 0.600. The fourth-order valence-corrected chi connectivity index (χ4v) is 1.77. The maximum absolute atomic E-state index is 11.8. The number of hydrogen-bond donors (Lipinski definition) is 3. The molecule has 1 atom stereocenters. The zero-order valence-corrected chi connectivity index (χ0v) is 9.40. The van der Waals surface area contributed by atoms with Gasteiger partial charge in [-0.2, -0.15) is 0 Å². The second-order valence-electron chi connectivity index (χ2n) is 4.08. The van der Waals surface area contributed by atoms with Crippen LogP contribution in [0.2, 0.25) is 0 Å². The Morgan fingerprint density at radius 2 is 2.47 bits per heavy atom. The van der Waals surface area contributed by atoms with Gasteiger partial charge in [0.1, 0.15) is 11.5 Å². The minimum atomic E-state index is -0.281. The molecular weight excluding hydrogens is 222 g/mol. The molecule has 92 valence electrons. The Morgan fingerprint density at radius 3 is 3.24 bits per heavy atom. The van der Waals surface area contributed by atoms with Crippen LogP contribution < -0.4 is 10.6 Å². The molecule has 0 radical (unpaired) electrons. The van der Waals surface area contributed by atoms with E-state index in [1.54, 1.807) is 6.20 Å². The maximum atomic E-state index is 11.8. The highest BCUT2D eigenvalue weighted by molar-refractivity contribution is 5.87. The molecule has 1 saturated heterocycles. The van der Waals surface area contributed by atoms with E-state index >= 15 is 0 Å². The molecule has 1 aromatic rings. The van der Waals surface area contributed by atoms with E-state index < -0.39 is 0 Å². The third-order valence-corrected chi connectivity index (χ3v) is 2.73. The second kappa shape index (κ2) is 5.53. The quantitative estimate of drug-likeness (QED) is 0.625. The molecule has 0 bridgehead atoms. The van der Waals surface area contributed by atoms with Crippen LogP contribution >= 0.6 is 0 Å². The molecule has 2 heterocycles. The Kier molecular flexibility index (Phi) is 3.81. The molecule has 3 N–H and O–H groups in total. The van der Waals surface area contributed by atoms with Crippen molar-refractivity contribution in [2.24, 2.45) is 5.92 Å². The molecule has 1 aliphatic heterocycles. The number of Topliss-reactive ketones (excluding diaryl/α,β-unsaturated/α-hetero) is 1. The van der Waals surface area contributed by atoms with Crippen LogP contribution in [-0.2, 0) is 16.1 Å². The SMILES string of the molecule is O=C1CCNC[C@@H](C(=O)NCc2c[nH]nn2)C1. The van der Waals surface area contributed by atoms with Crippen LogP contribution in [0.15, 0.2) is 6.20 Å². The van der Waals surface area contributed by atoms with Crippen LogP contribution in [0.5, 0.6) is 0 Å². The van der Waals surface area contributed by atoms with Crippen LogP contribution in [0.25, 0.3) is 0 Å². The molecular formula is C10H15N5O2. The number of carbonyl (C=O) groups is 2. The number of amides is 1. The highest BCUT2D eigenvalue weighted by atomic mass is 16.2. The van der Waals surface area contributed by atoms with Crippen LogP contribution in [0.3, 0.4) is 0 Å². The van der Waals surface area contributed by atoms with Gasteiger partial charge >= 0.3 is 0 Å². The lowest BCUT2D eigenvalue weighted by atomic mass is 10.0. The number of ketones is 1. The Bertz CT molecular complexity index is 389. The molecule has 1 aromatic heterocycles. The lowest BCUT2D eigenvalue weighted by Crippen LogP contribution is -2.36. The predicted molar refractivity (Wildman–Crippen MR) is 58.8 cm³/mol. The predicted octanol–water partition coefficient (Wildman–Crippen LogP) is -1.01. The fourth-order valence-electron chi connectivity index (χ4n) is 1.77. The topological polar surface area (TPSA) is 99.8 Å². The Morgan fingerprint density at radius 1 is 1.59 bits per heavy atom. The summed E-state index contributed by atoms with van der Waals surface area (Å²) in [5.74, 6) is -0.260. The van der Waals surface area contributed by atoms with Gasteiger partial charge in [0, 0.05) is 32.1 Å². The van der Waals surface area contributed by atoms with Crippen molar-refractivity contribution in [3.63, 3.8) is 0 Å². The summed E-state index contributed by atoms with van der Waals surface area (Å²) in [6.45, 7) is 1.54. The summed E-state index contributed by atoms with van der Waals surface area (Å²) in [4.78, 5) is 23.2. The maximum Gasteiger partial charge on any atom is 0.225 e. The molecule has 0 aliphatic carbocycles. The third kappa shape index (κ3) is 3.35. The zero-order chi connectivity index (χ0) is 12.1. The summed E-state index contributed by atoms with van der Waals surface area (Å²) in [6.07, 6.45) is 2.45. The van der Waals surface area contributed by atoms with Crippen molar-refractivity contribution in [2.75, 3.05) is 13.1 Å². The zero-order valence-electron chi connectivity index (χ0n) is 9.40. The van der Waals surface area contributed by atoms with Crippen LogP contribution in [-0.4, -0.2) is 40.2 Å². The van der Waals surface area contributed by atoms with Gasteiger partial charge in [-0.05, 0) is 0 Å². The first-order valence-electron chi connectivity index (χ1n) is 5.61. The largest absolute Gasteiger partial charge is 0.350 e. The lowest BCUT2D eigenvalue weighted by molar-refractivity contribution is -0.128. The van der Waals surface area contributed by atoms with Crippen molar-refractivity contribution >= 4 is 11.7 Å². The van der Waals surface area contributed by atoms with E-state index in [9.17, 15) is 9.59 Å². The standard InChI is InChI=1S/C10H15N5O2/c16-9-1-2-11-4-7(3-9)10(17)12-5-8-6-13-15-14-8/h6-7,11H,1-5H2,(H,12,17)(H,13,14,15)/t7-/m0/s1. The highest BCUT2D eigenvalue weighted by Gasteiger charge is 2.23. The minimum Gasteiger partial charge on any atom is -0.350 e. The summed E-state index contributed by atoms with van der Waals surface area (Å²) in [5, 5.41) is 15.7. The van der Waals surface area contributed by atoms with E-state index in [1.165, 1.54) is 0 Å². The molecule has 0 saturated carbocycles. The van der Waals surface area contributed by atoms with E-state index in [2.05, 4.69) is 26.0 Å². The van der Waals surface area contributed by atoms with Crippen molar-refractivity contribution < 1.29 is 9.59 Å². The van der Waals surface area contributed by atoms with Crippen molar-refractivity contribution in [1.29, 1.82) is 0 Å². The number of rotatable bonds is 3. The van der Waals surface area contributed by atoms with E-state index in [4.69, 9.17) is 0 Å². The molecule has 7 nitrogen and oxygen atoms in total. The van der Waals surface area contributed by atoms with Gasteiger partial charge in [-0.3, -0.25) is 14.7 Å². The summed E-state index contributed by atoms with van der Waals surface area (Å²) in [5.41, 5.74) is 0.672. The van der Waals surface area contributed by atoms with E-state index in [1.807, 2.05) is 0 Å². The summed E-state index contributed by atoms with van der Waals surface area (Å²) < 4.78 is 0. The van der Waals surface area contributed by atoms with Gasteiger partial charge in [-0.15, -0.1) is 5.10 Å². The molecule has 17 heavy (non-hydrogen) atoms. The summed E-state index contributed by atoms with van der Waals surface area (Å²) >= 11 is 0. The monoisotopic (exact) mass is 237 g/mol. The highest BCUT2D eigenvalue weighted by Crippen LogP contribution is 2.08. The Balaban J connectivity index is 1.84. The molecule has 0 aromatic carbocycles. The normalized spacial score (nSPS) is 20.9. The molecule has 1 amide bonds. The van der Waals surface area contributed by atoms with Crippen molar-refractivity contribution in [3.05, 3.63) is 11.9 Å². The average molecular weight is 237 g/mol. The van der Waals surface area contributed by atoms with Crippen LogP contribution in [0.1, 0.15) is 18.5 Å². The summed E-state index contributed by atoms with van der Waals surface area (Å²) in [7, 11) is 0. The van der Waals surface area contributed by atoms with Gasteiger partial charge in [-0.1, -0.05) is 5.21 Å². The number of H-pyrrole nitrogens is 1. The minimum absolute atomic E-state index is 0.115. The molecule has 0 spiro atoms. The lowest BCUT2D eigenvalue weighted by Gasteiger charge is -2.12. The average Bonchev–Trinajstić information content (AvgIpc) is 2.74. The van der Waals surface area contributed by atoms with Crippen LogP contribution in [0, 0.1) is 5.92 Å². The second-order valence-corrected chi connectivity index (χ2v) is 4.08. The molecule has 1 fully saturated rings. The smallest absolute Gasteiger partial charge is 0.225 e. The first-order valence-corrected chi connectivity index (χ1v) is 5.61. The molecule has 0 unspecified atom stereocenters. The number of aromatic nitrogens is 3. The number of nitrogens with zero attached hydrogens (tertiary/aromatic N) is 2. The van der Waals surface area contributed by atoms with Gasteiger partial charge in [0.2, 0.25) is 5.91 Å². The molecule has 2 rings (SSSR count). The van der Waals surface area contributed by atoms with Gasteiger partial charge in [-0.25, -0.2) is 0 Å². The van der Waals surface area contributed by atoms with Crippen molar-refractivity contribution in [1.82, 2.24) is 26.0 Å². The van der Waals surface area contributed by atoms with E-state index in [-0.39, 0.29) is 17.6 Å². The molecule has 1 aliphatic rings. The number of carbonyl (C=O) groups excluding carboxylic acids is 2. The van der Waals surface area contributed by atoms with E-state index in [0.717, 1.165) is 0 Å². The number of nitrogens with one attached hydrogen (secondary N) is 3. The number of aromatic amines is 1. The third-order valence-electron chi connectivity index (χ3n) is 2.73. The number of hydrogen-bond acceptors (Lipinski definition) is 5. The first-order chi connectivity index (χ1) is 8.25.